The molecule has 0 amide bonds. The molecule has 1 N–H and O–H groups in total. The molecule has 0 fully saturated rings. The first-order chi connectivity index (χ1) is 18.4. The molecule has 1 aromatic heterocycles. The summed E-state index contributed by atoms with van der Waals surface area (Å²) >= 11 is 4.59. The fourth-order valence-electron chi connectivity index (χ4n) is 5.11. The number of nitro benzene ring substituents is 1. The fourth-order valence-corrected chi connectivity index (χ4v) is 6.58. The Morgan fingerprint density at radius 2 is 2.00 bits per heavy atom. The van der Waals surface area contributed by atoms with Crippen molar-refractivity contribution in [1.29, 1.82) is 0 Å². The number of rotatable bonds is 4. The molecule has 10 heteroatoms. The highest BCUT2D eigenvalue weighted by atomic mass is 79.9. The molecular weight excluding hydrogens is 570 g/mol. The van der Waals surface area contributed by atoms with Crippen molar-refractivity contribution >= 4 is 44.7 Å². The van der Waals surface area contributed by atoms with Crippen LogP contribution in [0.3, 0.4) is 0 Å². The van der Waals surface area contributed by atoms with E-state index >= 15 is 0 Å². The molecule has 4 aromatic rings. The first-order valence-electron chi connectivity index (χ1n) is 11.8. The molecular formula is C28H20BrN3O5S. The van der Waals surface area contributed by atoms with Crippen molar-refractivity contribution in [2.75, 3.05) is 7.11 Å². The van der Waals surface area contributed by atoms with Gasteiger partial charge in [0.1, 0.15) is 0 Å². The van der Waals surface area contributed by atoms with Gasteiger partial charge in [0.25, 0.3) is 11.2 Å². The minimum Gasteiger partial charge on any atom is -0.503 e. The lowest BCUT2D eigenvalue weighted by Gasteiger charge is -2.30. The van der Waals surface area contributed by atoms with Gasteiger partial charge in [0, 0.05) is 17.7 Å². The SMILES string of the molecule is COc1cc(/C=c2/sc3n(c2=O)[C@@H](c2cccc([N+](=O)[O-])c2)C2=C(N=3)c3ccccc3CC2)cc(Br)c1O. The summed E-state index contributed by atoms with van der Waals surface area (Å²) in [4.78, 5) is 30.5. The van der Waals surface area contributed by atoms with E-state index in [0.717, 1.165) is 23.3 Å². The Kier molecular flexibility index (Phi) is 6.00. The number of aromatic nitrogens is 1. The standard InChI is InChI=1S/C28H20BrN3O5S/c1-37-22-12-15(11-21(29)26(22)33)13-23-27(34)31-25(17-6-4-7-18(14-17)32(35)36)20-10-9-16-5-2-3-8-19(16)24(20)30-28(31)38-23/h2-8,11-14,25,33H,9-10H2,1H3/b23-13+/t25-/m0/s1. The summed E-state index contributed by atoms with van der Waals surface area (Å²) in [6.45, 7) is 0. The van der Waals surface area contributed by atoms with Crippen LogP contribution in [-0.4, -0.2) is 21.7 Å². The molecule has 0 spiro atoms. The number of fused-ring (bicyclic) bond motifs is 3. The van der Waals surface area contributed by atoms with Gasteiger partial charge in [0.2, 0.25) is 0 Å². The number of benzene rings is 3. The zero-order valence-electron chi connectivity index (χ0n) is 20.1. The lowest BCUT2D eigenvalue weighted by Crippen LogP contribution is -2.38. The minimum atomic E-state index is -0.516. The molecule has 2 heterocycles. The third-order valence-electron chi connectivity index (χ3n) is 6.84. The Bertz CT molecular complexity index is 1860. The van der Waals surface area contributed by atoms with Crippen LogP contribution in [-0.2, 0) is 6.42 Å². The van der Waals surface area contributed by atoms with Crippen molar-refractivity contribution in [2.24, 2.45) is 4.99 Å². The Morgan fingerprint density at radius 3 is 2.79 bits per heavy atom. The van der Waals surface area contributed by atoms with Gasteiger partial charge in [0.15, 0.2) is 16.3 Å². The molecule has 0 saturated heterocycles. The van der Waals surface area contributed by atoms with Crippen molar-refractivity contribution in [1.82, 2.24) is 4.57 Å². The molecule has 38 heavy (non-hydrogen) atoms. The number of phenolic OH excluding ortho intramolecular Hbond substituents is 1. The van der Waals surface area contributed by atoms with E-state index in [-0.39, 0.29) is 22.7 Å². The van der Waals surface area contributed by atoms with Crippen LogP contribution in [0.5, 0.6) is 11.5 Å². The van der Waals surface area contributed by atoms with E-state index in [9.17, 15) is 20.0 Å². The largest absolute Gasteiger partial charge is 0.503 e. The molecule has 0 saturated carbocycles. The summed E-state index contributed by atoms with van der Waals surface area (Å²) < 4.78 is 7.80. The van der Waals surface area contributed by atoms with Crippen molar-refractivity contribution in [3.63, 3.8) is 0 Å². The number of hydrogen-bond donors (Lipinski definition) is 1. The van der Waals surface area contributed by atoms with Crippen LogP contribution in [0.1, 0.15) is 34.7 Å². The van der Waals surface area contributed by atoms with E-state index < -0.39 is 11.0 Å². The normalized spacial score (nSPS) is 16.4. The maximum atomic E-state index is 13.9. The third-order valence-corrected chi connectivity index (χ3v) is 8.43. The van der Waals surface area contributed by atoms with Gasteiger partial charge in [-0.05, 0) is 69.2 Å². The summed E-state index contributed by atoms with van der Waals surface area (Å²) in [5.41, 5.74) is 5.07. The summed E-state index contributed by atoms with van der Waals surface area (Å²) in [6.07, 6.45) is 3.22. The van der Waals surface area contributed by atoms with Gasteiger partial charge in [-0.3, -0.25) is 19.5 Å². The molecule has 6 rings (SSSR count). The molecule has 1 atom stereocenters. The Balaban J connectivity index is 1.62. The highest BCUT2D eigenvalue weighted by Crippen LogP contribution is 2.41. The number of phenols is 1. The number of nitro groups is 1. The predicted octanol–water partition coefficient (Wildman–Crippen LogP) is 4.70. The van der Waals surface area contributed by atoms with E-state index in [1.54, 1.807) is 34.9 Å². The first-order valence-corrected chi connectivity index (χ1v) is 13.4. The fraction of sp³-hybridized carbons (Fsp3) is 0.143. The zero-order valence-corrected chi connectivity index (χ0v) is 22.5. The summed E-state index contributed by atoms with van der Waals surface area (Å²) in [5, 5.41) is 21.8. The van der Waals surface area contributed by atoms with E-state index in [4.69, 9.17) is 9.73 Å². The first kappa shape index (κ1) is 24.3. The van der Waals surface area contributed by atoms with Crippen LogP contribution < -0.4 is 19.6 Å². The summed E-state index contributed by atoms with van der Waals surface area (Å²) in [6, 6.07) is 17.4. The molecule has 8 nitrogen and oxygen atoms in total. The van der Waals surface area contributed by atoms with Gasteiger partial charge in [-0.1, -0.05) is 47.7 Å². The Morgan fingerprint density at radius 1 is 1.18 bits per heavy atom. The lowest BCUT2D eigenvalue weighted by molar-refractivity contribution is -0.384. The van der Waals surface area contributed by atoms with E-state index in [2.05, 4.69) is 22.0 Å². The van der Waals surface area contributed by atoms with Gasteiger partial charge in [-0.2, -0.15) is 0 Å². The number of aromatic hydroxyl groups is 1. The highest BCUT2D eigenvalue weighted by molar-refractivity contribution is 9.10. The molecule has 190 valence electrons. The lowest BCUT2D eigenvalue weighted by atomic mass is 9.83. The number of aryl methyl sites for hydroxylation is 1. The number of ether oxygens (including phenoxy) is 1. The summed E-state index contributed by atoms with van der Waals surface area (Å²) in [5.74, 6) is 0.253. The number of hydrogen-bond acceptors (Lipinski definition) is 7. The van der Waals surface area contributed by atoms with Crippen LogP contribution in [0.4, 0.5) is 5.69 Å². The van der Waals surface area contributed by atoms with E-state index in [0.29, 0.717) is 31.4 Å². The number of halogens is 1. The minimum absolute atomic E-state index is 0.0249. The van der Waals surface area contributed by atoms with Gasteiger partial charge >= 0.3 is 0 Å². The smallest absolute Gasteiger partial charge is 0.271 e. The average Bonchev–Trinajstić information content (AvgIpc) is 3.23. The van der Waals surface area contributed by atoms with Crippen molar-refractivity contribution in [3.8, 4) is 11.5 Å². The van der Waals surface area contributed by atoms with Crippen LogP contribution >= 0.6 is 27.3 Å². The second-order valence-electron chi connectivity index (χ2n) is 9.02. The van der Waals surface area contributed by atoms with E-state index in [1.807, 2.05) is 24.3 Å². The van der Waals surface area contributed by atoms with Gasteiger partial charge in [-0.15, -0.1) is 0 Å². The Labute approximate surface area is 228 Å². The number of allylic oxidation sites excluding steroid dienone is 1. The molecule has 2 aliphatic rings. The highest BCUT2D eigenvalue weighted by Gasteiger charge is 2.33. The van der Waals surface area contributed by atoms with Crippen molar-refractivity contribution in [2.45, 2.75) is 18.9 Å². The molecule has 0 bridgehead atoms. The van der Waals surface area contributed by atoms with Crippen LogP contribution in [0.15, 0.2) is 80.5 Å². The topological polar surface area (TPSA) is 107 Å². The van der Waals surface area contributed by atoms with Crippen LogP contribution in [0, 0.1) is 10.1 Å². The Hall–Kier alpha value is -4.02. The van der Waals surface area contributed by atoms with Crippen LogP contribution in [0.2, 0.25) is 0 Å². The number of thiazole rings is 1. The predicted molar refractivity (Wildman–Crippen MR) is 148 cm³/mol. The monoisotopic (exact) mass is 589 g/mol. The third kappa shape index (κ3) is 3.97. The maximum Gasteiger partial charge on any atom is 0.271 e. The summed E-state index contributed by atoms with van der Waals surface area (Å²) in [7, 11) is 1.46. The van der Waals surface area contributed by atoms with Gasteiger partial charge < -0.3 is 9.84 Å². The second-order valence-corrected chi connectivity index (χ2v) is 10.9. The molecule has 1 aliphatic carbocycles. The molecule has 1 aliphatic heterocycles. The quantitative estimate of drug-likeness (QED) is 0.274. The van der Waals surface area contributed by atoms with Crippen molar-refractivity contribution in [3.05, 3.63) is 123 Å². The molecule has 0 radical (unpaired) electrons. The van der Waals surface area contributed by atoms with Crippen LogP contribution in [0.25, 0.3) is 11.8 Å². The number of methoxy groups -OCH3 is 1. The maximum absolute atomic E-state index is 13.9. The number of nitrogens with zero attached hydrogens (tertiary/aromatic N) is 3. The molecule has 3 aromatic carbocycles. The number of non-ortho nitro benzene ring substituents is 1. The average molecular weight is 590 g/mol. The second kappa shape index (κ2) is 9.38. The zero-order chi connectivity index (χ0) is 26.6. The van der Waals surface area contributed by atoms with Gasteiger partial charge in [0.05, 0.1) is 32.8 Å². The van der Waals surface area contributed by atoms with Crippen molar-refractivity contribution < 1.29 is 14.8 Å². The van der Waals surface area contributed by atoms with E-state index in [1.165, 1.54) is 30.1 Å². The molecule has 0 unspecified atom stereocenters. The van der Waals surface area contributed by atoms with Gasteiger partial charge in [-0.25, -0.2) is 4.99 Å².